The van der Waals surface area contributed by atoms with Gasteiger partial charge in [0.25, 0.3) is 0 Å². The number of para-hydroxylation sites is 1. The minimum Gasteiger partial charge on any atom is -0.456 e. The number of hydrogen-bond acceptors (Lipinski definition) is 3. The van der Waals surface area contributed by atoms with Crippen LogP contribution in [-0.2, 0) is 0 Å². The fourth-order valence-electron chi connectivity index (χ4n) is 1.71. The predicted molar refractivity (Wildman–Crippen MR) is 73.8 cm³/mol. The van der Waals surface area contributed by atoms with Crippen LogP contribution in [0.2, 0.25) is 0 Å². The molecule has 2 rings (SSSR count). The van der Waals surface area contributed by atoms with E-state index in [0.717, 1.165) is 0 Å². The maximum Gasteiger partial charge on any atom is 0.310 e. The maximum atomic E-state index is 13.0. The molecule has 0 N–H and O–H groups in total. The fourth-order valence-corrected chi connectivity index (χ4v) is 2.38. The zero-order valence-electron chi connectivity index (χ0n) is 11.1. The van der Waals surface area contributed by atoms with Gasteiger partial charge in [-0.05, 0) is 18.2 Å². The van der Waals surface area contributed by atoms with Gasteiger partial charge in [-0.15, -0.1) is 0 Å². The molecule has 0 aliphatic rings. The van der Waals surface area contributed by atoms with Gasteiger partial charge in [0.05, 0.1) is 5.56 Å². The molecule has 0 radical (unpaired) electrons. The van der Waals surface area contributed by atoms with Crippen molar-refractivity contribution in [2.45, 2.75) is 4.90 Å². The van der Waals surface area contributed by atoms with Crippen LogP contribution in [0.15, 0.2) is 47.4 Å². The van der Waals surface area contributed by atoms with Crippen LogP contribution in [-0.4, -0.2) is 0 Å². The summed E-state index contributed by atoms with van der Waals surface area (Å²) in [4.78, 5) is -2.29. The fraction of sp³-hybridized carbons (Fsp3) is 0. The van der Waals surface area contributed by atoms with Crippen molar-refractivity contribution >= 4 is 10.2 Å². The Balaban J connectivity index is 2.71. The second-order valence-electron chi connectivity index (χ2n) is 4.45. The molecule has 0 fully saturated rings. The van der Waals surface area contributed by atoms with E-state index >= 15 is 0 Å². The van der Waals surface area contributed by atoms with Gasteiger partial charge in [-0.1, -0.05) is 37.6 Å². The van der Waals surface area contributed by atoms with E-state index in [9.17, 15) is 19.4 Å². The van der Waals surface area contributed by atoms with Crippen LogP contribution in [0, 0.1) is 22.7 Å². The molecule has 0 aliphatic heterocycles. The van der Waals surface area contributed by atoms with Crippen LogP contribution < -0.4 is 4.74 Å². The second kappa shape index (κ2) is 4.61. The molecule has 0 aliphatic carbocycles. The molecule has 0 amide bonds. The highest BCUT2D eigenvalue weighted by molar-refractivity contribution is 8.45. The molecule has 0 heterocycles. The highest BCUT2D eigenvalue weighted by Crippen LogP contribution is 3.02. The smallest absolute Gasteiger partial charge is 0.310 e. The second-order valence-corrected chi connectivity index (χ2v) is 6.86. The number of benzene rings is 2. The molecular weight excluding hydrogens is 339 g/mol. The van der Waals surface area contributed by atoms with Gasteiger partial charge in [-0.3, -0.25) is 0 Å². The average Bonchev–Trinajstić information content (AvgIpc) is 2.45. The molecule has 120 valence electrons. The summed E-state index contributed by atoms with van der Waals surface area (Å²) < 4.78 is 69.9. The average molecular weight is 346 g/mol. The molecule has 0 spiro atoms. The van der Waals surface area contributed by atoms with E-state index in [0.29, 0.717) is 0 Å². The predicted octanol–water partition coefficient (Wildman–Crippen LogP) is 5.88. The van der Waals surface area contributed by atoms with Crippen molar-refractivity contribution in [3.8, 4) is 23.6 Å². The van der Waals surface area contributed by atoms with Crippen molar-refractivity contribution in [3.05, 3.63) is 53.6 Å². The Morgan fingerprint density at radius 1 is 0.870 bits per heavy atom. The Hall–Kier alpha value is -2.78. The van der Waals surface area contributed by atoms with Crippen LogP contribution in [0.1, 0.15) is 11.1 Å². The molecule has 2 aromatic rings. The van der Waals surface area contributed by atoms with E-state index in [-0.39, 0.29) is 17.9 Å². The molecule has 2 aromatic carbocycles. The minimum absolute atomic E-state index is 0.0344. The third kappa shape index (κ3) is 3.71. The third-order valence-corrected chi connectivity index (χ3v) is 3.85. The third-order valence-electron chi connectivity index (χ3n) is 2.72. The maximum absolute atomic E-state index is 13.0. The standard InChI is InChI=1S/C14H7F5N2OS/c15-23(16,17,18,19)12-6-10(8-20)13(9-21)14(7-12)22-11-4-2-1-3-5-11/h1-7H. The van der Waals surface area contributed by atoms with Gasteiger partial charge in [-0.2, -0.15) is 10.5 Å². The molecule has 0 aromatic heterocycles. The van der Waals surface area contributed by atoms with Crippen molar-refractivity contribution in [2.75, 3.05) is 0 Å². The monoisotopic (exact) mass is 346 g/mol. The number of ether oxygens (including phenoxy) is 1. The molecule has 3 nitrogen and oxygen atoms in total. The normalized spacial score (nSPS) is 14.0. The van der Waals surface area contributed by atoms with E-state index in [1.54, 1.807) is 6.07 Å². The van der Waals surface area contributed by atoms with E-state index in [1.165, 1.54) is 36.4 Å². The Labute approximate surface area is 127 Å². The van der Waals surface area contributed by atoms with Crippen LogP contribution in [0.4, 0.5) is 19.4 Å². The highest BCUT2D eigenvalue weighted by atomic mass is 32.5. The first-order valence-corrected chi connectivity index (χ1v) is 7.85. The lowest BCUT2D eigenvalue weighted by molar-refractivity contribution is 0.362. The molecule has 0 unspecified atom stereocenters. The van der Waals surface area contributed by atoms with E-state index in [1.807, 2.05) is 0 Å². The van der Waals surface area contributed by atoms with Crippen LogP contribution in [0.5, 0.6) is 11.5 Å². The number of rotatable bonds is 3. The summed E-state index contributed by atoms with van der Waals surface area (Å²) in [6.07, 6.45) is 0. The first kappa shape index (κ1) is 16.6. The van der Waals surface area contributed by atoms with E-state index < -0.39 is 32.0 Å². The molecule has 23 heavy (non-hydrogen) atoms. The summed E-state index contributed by atoms with van der Waals surface area (Å²) in [7, 11) is -10.0. The van der Waals surface area contributed by atoms with Gasteiger partial charge < -0.3 is 4.74 Å². The lowest BCUT2D eigenvalue weighted by Gasteiger charge is -2.40. The summed E-state index contributed by atoms with van der Waals surface area (Å²) in [6, 6.07) is 10.1. The Morgan fingerprint density at radius 2 is 1.48 bits per heavy atom. The van der Waals surface area contributed by atoms with Gasteiger partial charge in [-0.25, -0.2) is 0 Å². The zero-order chi connectivity index (χ0) is 17.4. The van der Waals surface area contributed by atoms with Crippen molar-refractivity contribution in [1.29, 1.82) is 10.5 Å². The molecule has 0 saturated carbocycles. The number of halogens is 5. The molecular formula is C14H7F5N2OS. The summed E-state index contributed by atoms with van der Waals surface area (Å²) in [5.74, 6) is -0.729. The minimum atomic E-state index is -10.0. The van der Waals surface area contributed by atoms with Crippen LogP contribution in [0.3, 0.4) is 0 Å². The Bertz CT molecular complexity index is 852. The van der Waals surface area contributed by atoms with E-state index in [4.69, 9.17) is 15.3 Å². The van der Waals surface area contributed by atoms with Crippen molar-refractivity contribution in [1.82, 2.24) is 0 Å². The van der Waals surface area contributed by atoms with Gasteiger partial charge in [0.2, 0.25) is 0 Å². The lowest BCUT2D eigenvalue weighted by Crippen LogP contribution is -2.07. The first-order chi connectivity index (χ1) is 10.4. The van der Waals surface area contributed by atoms with E-state index in [2.05, 4.69) is 0 Å². The number of nitriles is 2. The van der Waals surface area contributed by atoms with Gasteiger partial charge in [0.15, 0.2) is 0 Å². The van der Waals surface area contributed by atoms with Crippen molar-refractivity contribution in [2.24, 2.45) is 0 Å². The van der Waals surface area contributed by atoms with Gasteiger partial charge >= 0.3 is 10.2 Å². The molecule has 0 atom stereocenters. The van der Waals surface area contributed by atoms with Crippen molar-refractivity contribution in [3.63, 3.8) is 0 Å². The molecule has 0 saturated heterocycles. The zero-order valence-corrected chi connectivity index (χ0v) is 12.0. The SMILES string of the molecule is N#Cc1cc(S(F)(F)(F)(F)F)cc(Oc2ccccc2)c1C#N. The van der Waals surface area contributed by atoms with Gasteiger partial charge in [0.1, 0.15) is 34.1 Å². The van der Waals surface area contributed by atoms with Crippen LogP contribution in [0.25, 0.3) is 0 Å². The number of hydrogen-bond donors (Lipinski definition) is 0. The molecule has 9 heteroatoms. The summed E-state index contributed by atoms with van der Waals surface area (Å²) >= 11 is 0. The first-order valence-electron chi connectivity index (χ1n) is 5.90. The summed E-state index contributed by atoms with van der Waals surface area (Å²) in [6.45, 7) is 0. The number of nitrogens with zero attached hydrogens (tertiary/aromatic N) is 2. The largest absolute Gasteiger partial charge is 0.456 e. The quantitative estimate of drug-likeness (QED) is 0.652. The van der Waals surface area contributed by atoms with Crippen LogP contribution >= 0.6 is 10.2 Å². The molecule has 0 bridgehead atoms. The highest BCUT2D eigenvalue weighted by Gasteiger charge is 2.65. The summed E-state index contributed by atoms with van der Waals surface area (Å²) in [5, 5.41) is 17.8. The topological polar surface area (TPSA) is 56.8 Å². The Morgan fingerprint density at radius 3 is 1.96 bits per heavy atom. The lowest BCUT2D eigenvalue weighted by atomic mass is 10.1. The van der Waals surface area contributed by atoms with Gasteiger partial charge in [0, 0.05) is 6.07 Å². The Kier molecular flexibility index (Phi) is 3.32. The summed E-state index contributed by atoms with van der Waals surface area (Å²) in [5.41, 5.74) is -1.40. The van der Waals surface area contributed by atoms with Crippen molar-refractivity contribution < 1.29 is 24.2 Å².